The minimum atomic E-state index is -0.474. The number of Topliss-reactive ketones (excluding diaryl/α,β-unsaturated/α-hetero) is 1. The lowest BCUT2D eigenvalue weighted by Crippen LogP contribution is -2.18. The molecule has 23 heavy (non-hydrogen) atoms. The molecule has 0 saturated heterocycles. The van der Waals surface area contributed by atoms with Gasteiger partial charge in [-0.25, -0.2) is 0 Å². The maximum Gasteiger partial charge on any atom is 0.270 e. The summed E-state index contributed by atoms with van der Waals surface area (Å²) < 4.78 is 0. The highest BCUT2D eigenvalue weighted by Gasteiger charge is 2.18. The zero-order valence-electron chi connectivity index (χ0n) is 12.8. The number of ketones is 1. The zero-order chi connectivity index (χ0) is 16.2. The highest BCUT2D eigenvalue weighted by atomic mass is 16.6. The number of benzene rings is 2. The zero-order valence-corrected chi connectivity index (χ0v) is 12.8. The van der Waals surface area contributed by atoms with Crippen LogP contribution in [-0.4, -0.2) is 22.2 Å². The Bertz CT molecular complexity index is 718. The van der Waals surface area contributed by atoms with E-state index in [1.54, 1.807) is 12.1 Å². The summed E-state index contributed by atoms with van der Waals surface area (Å²) in [6.07, 6.45) is 1.17. The molecule has 3 rings (SSSR count). The Labute approximate surface area is 134 Å². The van der Waals surface area contributed by atoms with Gasteiger partial charge in [-0.3, -0.25) is 19.8 Å². The number of nitrogens with zero attached hydrogens (tertiary/aromatic N) is 2. The Hall–Kier alpha value is -2.53. The first-order valence-corrected chi connectivity index (χ1v) is 7.70. The summed E-state index contributed by atoms with van der Waals surface area (Å²) in [6, 6.07) is 14.3. The second-order valence-electron chi connectivity index (χ2n) is 5.81. The van der Waals surface area contributed by atoms with Gasteiger partial charge in [-0.05, 0) is 24.1 Å². The summed E-state index contributed by atoms with van der Waals surface area (Å²) in [4.78, 5) is 24.8. The summed E-state index contributed by atoms with van der Waals surface area (Å²) in [6.45, 7) is 2.72. The van der Waals surface area contributed by atoms with E-state index in [0.29, 0.717) is 12.0 Å². The van der Waals surface area contributed by atoms with Gasteiger partial charge < -0.3 is 0 Å². The number of nitro groups is 1. The average molecular weight is 310 g/mol. The van der Waals surface area contributed by atoms with Gasteiger partial charge in [-0.15, -0.1) is 0 Å². The van der Waals surface area contributed by atoms with E-state index < -0.39 is 4.92 Å². The van der Waals surface area contributed by atoms with Gasteiger partial charge in [-0.1, -0.05) is 36.4 Å². The number of rotatable bonds is 6. The Morgan fingerprint density at radius 3 is 2.43 bits per heavy atom. The third-order valence-corrected chi connectivity index (χ3v) is 4.16. The van der Waals surface area contributed by atoms with E-state index in [0.717, 1.165) is 26.1 Å². The van der Waals surface area contributed by atoms with Crippen LogP contribution < -0.4 is 0 Å². The normalized spacial score (nSPS) is 13.7. The minimum Gasteiger partial charge on any atom is -0.295 e. The molecule has 1 aliphatic heterocycles. The van der Waals surface area contributed by atoms with Gasteiger partial charge in [0.25, 0.3) is 5.69 Å². The summed E-state index contributed by atoms with van der Waals surface area (Å²) in [5.41, 5.74) is 3.10. The maximum atomic E-state index is 12.2. The van der Waals surface area contributed by atoms with Crippen molar-refractivity contribution >= 4 is 11.5 Å². The van der Waals surface area contributed by atoms with Crippen molar-refractivity contribution in [3.8, 4) is 0 Å². The van der Waals surface area contributed by atoms with Crippen molar-refractivity contribution in [1.29, 1.82) is 0 Å². The molecule has 118 valence electrons. The van der Waals surface area contributed by atoms with Gasteiger partial charge in [0.15, 0.2) is 5.78 Å². The van der Waals surface area contributed by atoms with Gasteiger partial charge in [0.05, 0.1) is 4.92 Å². The Morgan fingerprint density at radius 2 is 1.78 bits per heavy atom. The molecule has 0 fully saturated rings. The number of hydrogen-bond donors (Lipinski definition) is 0. The molecular weight excluding hydrogens is 292 g/mol. The van der Waals surface area contributed by atoms with Crippen molar-refractivity contribution in [2.24, 2.45) is 0 Å². The van der Waals surface area contributed by atoms with Crippen LogP contribution in [0.2, 0.25) is 0 Å². The highest BCUT2D eigenvalue weighted by Crippen LogP contribution is 2.22. The molecule has 2 aromatic rings. The smallest absolute Gasteiger partial charge is 0.270 e. The van der Waals surface area contributed by atoms with Crippen molar-refractivity contribution < 1.29 is 9.72 Å². The first kappa shape index (κ1) is 15.4. The van der Waals surface area contributed by atoms with Crippen molar-refractivity contribution in [1.82, 2.24) is 4.90 Å². The molecular formula is C18H18N2O3. The van der Waals surface area contributed by atoms with Crippen LogP contribution in [-0.2, 0) is 13.1 Å². The van der Waals surface area contributed by atoms with E-state index in [2.05, 4.69) is 17.0 Å². The lowest BCUT2D eigenvalue weighted by Gasteiger charge is -2.14. The molecule has 5 nitrogen and oxygen atoms in total. The van der Waals surface area contributed by atoms with E-state index in [1.807, 2.05) is 12.1 Å². The van der Waals surface area contributed by atoms with Crippen LogP contribution >= 0.6 is 0 Å². The van der Waals surface area contributed by atoms with Crippen LogP contribution in [0.25, 0.3) is 0 Å². The first-order valence-electron chi connectivity index (χ1n) is 7.70. The predicted molar refractivity (Wildman–Crippen MR) is 87.2 cm³/mol. The fourth-order valence-electron chi connectivity index (χ4n) is 2.96. The summed E-state index contributed by atoms with van der Waals surface area (Å²) >= 11 is 0. The lowest BCUT2D eigenvalue weighted by atomic mass is 10.1. The molecule has 0 aromatic heterocycles. The van der Waals surface area contributed by atoms with Crippen LogP contribution in [0.4, 0.5) is 5.69 Å². The van der Waals surface area contributed by atoms with Gasteiger partial charge >= 0.3 is 0 Å². The Balaban J connectivity index is 1.51. The van der Waals surface area contributed by atoms with E-state index in [9.17, 15) is 14.9 Å². The molecule has 0 bridgehead atoms. The van der Waals surface area contributed by atoms with Crippen LogP contribution in [0.5, 0.6) is 0 Å². The summed E-state index contributed by atoms with van der Waals surface area (Å²) in [5.74, 6) is -0.0367. The first-order chi connectivity index (χ1) is 11.1. The summed E-state index contributed by atoms with van der Waals surface area (Å²) in [7, 11) is 0. The van der Waals surface area contributed by atoms with Gasteiger partial charge in [0.1, 0.15) is 0 Å². The SMILES string of the molecule is O=C(CCCN1Cc2ccccc2C1)c1cccc([N+](=O)[O-])c1. The average Bonchev–Trinajstić information content (AvgIpc) is 2.97. The maximum absolute atomic E-state index is 12.2. The highest BCUT2D eigenvalue weighted by molar-refractivity contribution is 5.96. The van der Waals surface area contributed by atoms with E-state index in [4.69, 9.17) is 0 Å². The third-order valence-electron chi connectivity index (χ3n) is 4.16. The topological polar surface area (TPSA) is 63.5 Å². The molecule has 5 heteroatoms. The number of fused-ring (bicyclic) bond motifs is 1. The fraction of sp³-hybridized carbons (Fsp3) is 0.278. The number of hydrogen-bond acceptors (Lipinski definition) is 4. The Morgan fingerprint density at radius 1 is 1.09 bits per heavy atom. The van der Waals surface area contributed by atoms with Crippen LogP contribution in [0, 0.1) is 10.1 Å². The number of carbonyl (C=O) groups is 1. The van der Waals surface area contributed by atoms with E-state index in [1.165, 1.54) is 23.3 Å². The molecule has 0 aliphatic carbocycles. The fourth-order valence-corrected chi connectivity index (χ4v) is 2.96. The molecule has 0 atom stereocenters. The second kappa shape index (κ2) is 6.71. The minimum absolute atomic E-state index is 0.0363. The molecule has 1 aliphatic rings. The van der Waals surface area contributed by atoms with Crippen molar-refractivity contribution in [3.63, 3.8) is 0 Å². The molecule has 0 N–H and O–H groups in total. The molecule has 1 heterocycles. The number of non-ortho nitro benzene ring substituents is 1. The second-order valence-corrected chi connectivity index (χ2v) is 5.81. The van der Waals surface area contributed by atoms with Crippen LogP contribution in [0.15, 0.2) is 48.5 Å². The van der Waals surface area contributed by atoms with E-state index in [-0.39, 0.29) is 11.5 Å². The standard InChI is InChI=1S/C18H18N2O3/c21-18(14-7-3-8-17(11-14)20(22)23)9-4-10-19-12-15-5-1-2-6-16(15)13-19/h1-3,5-8,11H,4,9-10,12-13H2. The van der Waals surface area contributed by atoms with Crippen molar-refractivity contribution in [2.75, 3.05) is 6.54 Å². The number of nitro benzene ring substituents is 1. The van der Waals surface area contributed by atoms with Gasteiger partial charge in [0, 0.05) is 37.2 Å². The largest absolute Gasteiger partial charge is 0.295 e. The monoisotopic (exact) mass is 310 g/mol. The van der Waals surface area contributed by atoms with Crippen molar-refractivity contribution in [2.45, 2.75) is 25.9 Å². The molecule has 0 unspecified atom stereocenters. The summed E-state index contributed by atoms with van der Waals surface area (Å²) in [5, 5.41) is 10.8. The van der Waals surface area contributed by atoms with Crippen LogP contribution in [0.3, 0.4) is 0 Å². The molecule has 0 radical (unpaired) electrons. The Kier molecular flexibility index (Phi) is 4.48. The van der Waals surface area contributed by atoms with E-state index >= 15 is 0 Å². The molecule has 2 aromatic carbocycles. The van der Waals surface area contributed by atoms with Gasteiger partial charge in [-0.2, -0.15) is 0 Å². The van der Waals surface area contributed by atoms with Gasteiger partial charge in [0.2, 0.25) is 0 Å². The lowest BCUT2D eigenvalue weighted by molar-refractivity contribution is -0.384. The third kappa shape index (κ3) is 3.63. The van der Waals surface area contributed by atoms with Crippen molar-refractivity contribution in [3.05, 3.63) is 75.3 Å². The van der Waals surface area contributed by atoms with Crippen LogP contribution in [0.1, 0.15) is 34.3 Å². The number of carbonyl (C=O) groups excluding carboxylic acids is 1. The predicted octanol–water partition coefficient (Wildman–Crippen LogP) is 3.57. The molecule has 0 amide bonds. The quantitative estimate of drug-likeness (QED) is 0.465. The molecule has 0 saturated carbocycles. The molecule has 0 spiro atoms.